The molecule has 1 amide bonds. The van der Waals surface area contributed by atoms with E-state index in [1.54, 1.807) is 10.6 Å². The molecule has 0 saturated carbocycles. The summed E-state index contributed by atoms with van der Waals surface area (Å²) in [6, 6.07) is 3.10. The zero-order valence-electron chi connectivity index (χ0n) is 15.2. The van der Waals surface area contributed by atoms with Crippen molar-refractivity contribution in [2.24, 2.45) is 10.7 Å². The molecule has 4 rings (SSSR count). The van der Waals surface area contributed by atoms with Gasteiger partial charge in [0.05, 0.1) is 0 Å². The average Bonchev–Trinajstić information content (AvgIpc) is 2.91. The average molecular weight is 365 g/mol. The molecule has 3 atom stereocenters. The number of fused-ring (bicyclic) bond motifs is 2. The predicted molar refractivity (Wildman–Crippen MR) is 90.9 cm³/mol. The summed E-state index contributed by atoms with van der Waals surface area (Å²) in [5.41, 5.74) is 6.48. The third-order valence-corrected chi connectivity index (χ3v) is 4.64. The number of hydrogen-bond acceptors (Lipinski definition) is 5. The Morgan fingerprint density at radius 1 is 1.46 bits per heavy atom. The number of carbonyl (C=O) groups is 1. The first kappa shape index (κ1) is 17.2. The highest BCUT2D eigenvalue weighted by molar-refractivity contribution is 5.81. The largest absolute Gasteiger partial charge is 0.423 e. The Hall–Kier alpha value is -2.23. The van der Waals surface area contributed by atoms with E-state index >= 15 is 4.39 Å². The molecular formula is C17H22FN4O4+. The number of primary amides is 1. The standard InChI is InChI=1S/C17H21FN4O4/c1-5-20-15-21(17(2,3)4)13-10(18)6-9(7-11(13)24-15)22-8-12(14(19)23)25-16(22)26-22/h6-7,12,16H,5,8H2,1-4H3,(H-,19,23)/p+1/t12?,16?,22-/m1/s1. The summed E-state index contributed by atoms with van der Waals surface area (Å²) in [5.74, 6) is -1.01. The number of halogens is 1. The van der Waals surface area contributed by atoms with Gasteiger partial charge >= 0.3 is 6.41 Å². The first-order valence-corrected chi connectivity index (χ1v) is 8.55. The van der Waals surface area contributed by atoms with Gasteiger partial charge < -0.3 is 10.2 Å². The summed E-state index contributed by atoms with van der Waals surface area (Å²) in [6.07, 6.45) is -1.40. The predicted octanol–water partition coefficient (Wildman–Crippen LogP) is 1.47. The number of benzene rings is 1. The van der Waals surface area contributed by atoms with Crippen LogP contribution in [0.2, 0.25) is 0 Å². The topological polar surface area (TPSA) is 95.3 Å². The quantitative estimate of drug-likeness (QED) is 0.658. The second kappa shape index (κ2) is 5.38. The molecule has 2 aliphatic heterocycles. The van der Waals surface area contributed by atoms with Gasteiger partial charge in [0.15, 0.2) is 29.7 Å². The second-order valence-electron chi connectivity index (χ2n) is 7.56. The number of ether oxygens (including phenoxy) is 1. The van der Waals surface area contributed by atoms with Crippen LogP contribution < -0.4 is 16.1 Å². The highest BCUT2D eigenvalue weighted by Gasteiger charge is 2.71. The highest BCUT2D eigenvalue weighted by atomic mass is 19.1. The number of amides is 1. The minimum Gasteiger partial charge on any atom is -0.423 e. The SMILES string of the molecule is CCN=c1oc2cc([N@+]34CC(C(N)=O)OC3O4)cc(F)c2n1C(C)(C)C. The third kappa shape index (κ3) is 2.38. The van der Waals surface area contributed by atoms with E-state index in [-0.39, 0.29) is 11.2 Å². The number of hydroxylamine groups is 2. The maximum Gasteiger partial charge on any atom is 0.393 e. The van der Waals surface area contributed by atoms with Gasteiger partial charge in [0.1, 0.15) is 5.52 Å². The zero-order chi connectivity index (χ0) is 18.9. The van der Waals surface area contributed by atoms with Gasteiger partial charge in [-0.05, 0) is 27.7 Å². The Morgan fingerprint density at radius 3 is 2.77 bits per heavy atom. The molecular weight excluding hydrogens is 343 g/mol. The molecule has 2 saturated heterocycles. The fourth-order valence-electron chi connectivity index (χ4n) is 3.43. The van der Waals surface area contributed by atoms with Crippen LogP contribution in [0, 0.1) is 5.82 Å². The highest BCUT2D eigenvalue weighted by Crippen LogP contribution is 2.47. The molecule has 0 aliphatic carbocycles. The maximum absolute atomic E-state index is 15.1. The summed E-state index contributed by atoms with van der Waals surface area (Å²) in [5, 5.41) is 0. The Bertz CT molecular complexity index is 974. The van der Waals surface area contributed by atoms with Gasteiger partial charge in [-0.3, -0.25) is 14.1 Å². The Balaban J connectivity index is 1.87. The fraction of sp³-hybridized carbons (Fsp3) is 0.529. The molecule has 2 N–H and O–H groups in total. The van der Waals surface area contributed by atoms with Gasteiger partial charge in [-0.1, -0.05) is 9.48 Å². The molecule has 26 heavy (non-hydrogen) atoms. The zero-order valence-corrected chi connectivity index (χ0v) is 15.2. The molecule has 8 nitrogen and oxygen atoms in total. The number of rotatable bonds is 3. The Morgan fingerprint density at radius 2 is 2.19 bits per heavy atom. The number of quaternary nitrogens is 1. The molecule has 140 valence electrons. The van der Waals surface area contributed by atoms with Crippen molar-refractivity contribution >= 4 is 22.7 Å². The van der Waals surface area contributed by atoms with E-state index in [2.05, 4.69) is 4.99 Å². The summed E-state index contributed by atoms with van der Waals surface area (Å²) in [4.78, 5) is 21.3. The van der Waals surface area contributed by atoms with E-state index in [4.69, 9.17) is 19.7 Å². The molecule has 1 aromatic heterocycles. The molecule has 1 aromatic carbocycles. The van der Waals surface area contributed by atoms with E-state index in [0.717, 1.165) is 0 Å². The van der Waals surface area contributed by atoms with Crippen LogP contribution in [0.3, 0.4) is 0 Å². The molecule has 3 heterocycles. The lowest BCUT2D eigenvalue weighted by molar-refractivity contribution is -0.132. The molecule has 0 spiro atoms. The summed E-state index contributed by atoms with van der Waals surface area (Å²) >= 11 is 0. The van der Waals surface area contributed by atoms with Crippen molar-refractivity contribution in [3.63, 3.8) is 0 Å². The lowest BCUT2D eigenvalue weighted by Gasteiger charge is -2.21. The van der Waals surface area contributed by atoms with Gasteiger partial charge in [-0.15, -0.1) is 0 Å². The number of aromatic nitrogens is 1. The molecule has 2 unspecified atom stereocenters. The lowest BCUT2D eigenvalue weighted by Crippen LogP contribution is -2.37. The van der Waals surface area contributed by atoms with Crippen LogP contribution in [0.25, 0.3) is 11.1 Å². The van der Waals surface area contributed by atoms with E-state index in [9.17, 15) is 4.79 Å². The van der Waals surface area contributed by atoms with Crippen LogP contribution in [0.4, 0.5) is 10.1 Å². The van der Waals surface area contributed by atoms with Crippen LogP contribution in [-0.4, -0.2) is 36.1 Å². The van der Waals surface area contributed by atoms with Crippen LogP contribution in [-0.2, 0) is 19.9 Å². The minimum atomic E-state index is -0.755. The van der Waals surface area contributed by atoms with E-state index in [0.29, 0.717) is 29.0 Å². The molecule has 2 aliphatic rings. The minimum absolute atomic E-state index is 0.0864. The number of hydrogen-bond donors (Lipinski definition) is 1. The van der Waals surface area contributed by atoms with Crippen molar-refractivity contribution < 1.29 is 23.2 Å². The number of carbonyl (C=O) groups excluding carboxylic acids is 1. The molecule has 2 aromatic rings. The van der Waals surface area contributed by atoms with Gasteiger partial charge in [-0.25, -0.2) is 9.38 Å². The fourth-order valence-corrected chi connectivity index (χ4v) is 3.43. The van der Waals surface area contributed by atoms with Crippen LogP contribution in [0.1, 0.15) is 27.7 Å². The Kier molecular flexibility index (Phi) is 3.56. The molecule has 0 bridgehead atoms. The molecule has 2 fully saturated rings. The van der Waals surface area contributed by atoms with Crippen LogP contribution >= 0.6 is 0 Å². The normalized spacial score (nSPS) is 28.6. The molecule has 9 heteroatoms. The van der Waals surface area contributed by atoms with E-state index in [1.807, 2.05) is 27.7 Å². The first-order chi connectivity index (χ1) is 12.2. The Labute approximate surface area is 149 Å². The number of nitrogens with zero attached hydrogens (tertiary/aromatic N) is 3. The van der Waals surface area contributed by atoms with Gasteiger partial charge in [-0.2, -0.15) is 0 Å². The lowest BCUT2D eigenvalue weighted by atomic mass is 10.1. The van der Waals surface area contributed by atoms with Crippen molar-refractivity contribution in [2.75, 3.05) is 13.1 Å². The number of nitrogens with two attached hydrogens (primary N) is 1. The van der Waals surface area contributed by atoms with Crippen molar-refractivity contribution in [2.45, 2.75) is 45.8 Å². The molecule has 0 radical (unpaired) electrons. The van der Waals surface area contributed by atoms with Gasteiger partial charge in [0.25, 0.3) is 11.6 Å². The van der Waals surface area contributed by atoms with Crippen molar-refractivity contribution in [1.29, 1.82) is 0 Å². The van der Waals surface area contributed by atoms with Crippen LogP contribution in [0.15, 0.2) is 21.5 Å². The van der Waals surface area contributed by atoms with Gasteiger partial charge in [0.2, 0.25) is 0 Å². The monoisotopic (exact) mass is 365 g/mol. The summed E-state index contributed by atoms with van der Waals surface area (Å²) in [6.45, 7) is 8.49. The maximum atomic E-state index is 15.1. The second-order valence-corrected chi connectivity index (χ2v) is 7.56. The van der Waals surface area contributed by atoms with Crippen molar-refractivity contribution in [3.05, 3.63) is 23.6 Å². The van der Waals surface area contributed by atoms with Crippen LogP contribution in [0.5, 0.6) is 0 Å². The van der Waals surface area contributed by atoms with Crippen molar-refractivity contribution in [3.8, 4) is 0 Å². The smallest absolute Gasteiger partial charge is 0.393 e. The van der Waals surface area contributed by atoms with E-state index < -0.39 is 29.8 Å². The third-order valence-electron chi connectivity index (χ3n) is 4.64. The van der Waals surface area contributed by atoms with E-state index in [1.165, 1.54) is 6.07 Å². The van der Waals surface area contributed by atoms with Crippen molar-refractivity contribution in [1.82, 2.24) is 9.21 Å². The van der Waals surface area contributed by atoms with Gasteiger partial charge in [0, 0.05) is 24.2 Å². The number of oxazole rings is 1. The summed E-state index contributed by atoms with van der Waals surface area (Å²) in [7, 11) is 0. The first-order valence-electron chi connectivity index (χ1n) is 8.55. The summed E-state index contributed by atoms with van der Waals surface area (Å²) < 4.78 is 28.0.